The first-order valence-corrected chi connectivity index (χ1v) is 5.28. The smallest absolute Gasteiger partial charge is 0.251 e. The van der Waals surface area contributed by atoms with E-state index >= 15 is 0 Å². The summed E-state index contributed by atoms with van der Waals surface area (Å²) in [4.78, 5) is 11.2. The van der Waals surface area contributed by atoms with Gasteiger partial charge in [0.2, 0.25) is 0 Å². The lowest BCUT2D eigenvalue weighted by atomic mass is 9.94. The summed E-state index contributed by atoms with van der Waals surface area (Å²) in [5, 5.41) is 0. The van der Waals surface area contributed by atoms with Crippen LogP contribution in [-0.4, -0.2) is 11.9 Å². The Bertz CT molecular complexity index is 378. The van der Waals surface area contributed by atoms with Crippen LogP contribution < -0.4 is 17.0 Å². The molecule has 0 fully saturated rings. The molecule has 1 aromatic rings. The Kier molecular flexibility index (Phi) is 4.04. The summed E-state index contributed by atoms with van der Waals surface area (Å²) >= 11 is 0. The molecular formula is C12H19N3O. The molecule has 0 saturated heterocycles. The summed E-state index contributed by atoms with van der Waals surface area (Å²) in [5.41, 5.74) is 12.5. The number of benzene rings is 1. The molecule has 0 spiro atoms. The first-order valence-electron chi connectivity index (χ1n) is 5.28. The van der Waals surface area contributed by atoms with Gasteiger partial charge in [-0.3, -0.25) is 10.2 Å². The van der Waals surface area contributed by atoms with Crippen molar-refractivity contribution in [3.8, 4) is 0 Å². The van der Waals surface area contributed by atoms with Crippen LogP contribution in [-0.2, 0) is 11.2 Å². The van der Waals surface area contributed by atoms with Crippen molar-refractivity contribution in [1.82, 2.24) is 5.43 Å². The maximum Gasteiger partial charge on any atom is 0.251 e. The van der Waals surface area contributed by atoms with E-state index in [4.69, 9.17) is 11.6 Å². The summed E-state index contributed by atoms with van der Waals surface area (Å²) in [5.74, 6) is 4.71. The van der Waals surface area contributed by atoms with Gasteiger partial charge in [-0.1, -0.05) is 17.7 Å². The molecule has 4 heteroatoms. The Morgan fingerprint density at radius 3 is 2.25 bits per heavy atom. The van der Waals surface area contributed by atoms with Crippen molar-refractivity contribution in [2.24, 2.45) is 11.6 Å². The number of rotatable bonds is 3. The standard InChI is InChI=1S/C12H19N3O/c1-7-4-8(2)10(9(3)5-7)6-11(13)12(16)15-14/h4-5,11H,6,13-14H2,1-3H3,(H,15,16). The lowest BCUT2D eigenvalue weighted by Crippen LogP contribution is -2.45. The zero-order chi connectivity index (χ0) is 12.3. The van der Waals surface area contributed by atoms with Gasteiger partial charge in [-0.15, -0.1) is 0 Å². The summed E-state index contributed by atoms with van der Waals surface area (Å²) in [7, 11) is 0. The van der Waals surface area contributed by atoms with E-state index in [2.05, 4.69) is 24.5 Å². The molecule has 1 aromatic carbocycles. The molecule has 16 heavy (non-hydrogen) atoms. The predicted octanol–water partition coefficient (Wildman–Crippen LogP) is 0.472. The fourth-order valence-electron chi connectivity index (χ4n) is 1.95. The number of hydrogen-bond acceptors (Lipinski definition) is 3. The highest BCUT2D eigenvalue weighted by Gasteiger charge is 2.15. The average molecular weight is 221 g/mol. The molecule has 0 aliphatic rings. The third-order valence-corrected chi connectivity index (χ3v) is 2.74. The molecule has 4 nitrogen and oxygen atoms in total. The monoisotopic (exact) mass is 221 g/mol. The highest BCUT2D eigenvalue weighted by Crippen LogP contribution is 2.17. The summed E-state index contributed by atoms with van der Waals surface area (Å²) in [6, 6.07) is 3.59. The zero-order valence-electron chi connectivity index (χ0n) is 10.0. The lowest BCUT2D eigenvalue weighted by Gasteiger charge is -2.15. The Balaban J connectivity index is 2.93. The van der Waals surface area contributed by atoms with Crippen LogP contribution in [0.4, 0.5) is 0 Å². The van der Waals surface area contributed by atoms with Crippen LogP contribution in [0.2, 0.25) is 0 Å². The van der Waals surface area contributed by atoms with E-state index in [1.807, 2.05) is 13.8 Å². The van der Waals surface area contributed by atoms with Crippen molar-refractivity contribution in [3.63, 3.8) is 0 Å². The number of aryl methyl sites for hydroxylation is 3. The minimum absolute atomic E-state index is 0.334. The van der Waals surface area contributed by atoms with Crippen molar-refractivity contribution in [1.29, 1.82) is 0 Å². The molecule has 0 aromatic heterocycles. The van der Waals surface area contributed by atoms with Crippen molar-refractivity contribution >= 4 is 5.91 Å². The highest BCUT2D eigenvalue weighted by molar-refractivity contribution is 5.81. The predicted molar refractivity (Wildman–Crippen MR) is 64.7 cm³/mol. The van der Waals surface area contributed by atoms with Gasteiger partial charge in [-0.2, -0.15) is 0 Å². The van der Waals surface area contributed by atoms with E-state index in [0.717, 1.165) is 16.7 Å². The van der Waals surface area contributed by atoms with Gasteiger partial charge in [0, 0.05) is 0 Å². The quantitative estimate of drug-likeness (QED) is 0.394. The van der Waals surface area contributed by atoms with Crippen LogP contribution >= 0.6 is 0 Å². The Hall–Kier alpha value is -1.39. The van der Waals surface area contributed by atoms with Crippen molar-refractivity contribution in [3.05, 3.63) is 34.4 Å². The molecule has 5 N–H and O–H groups in total. The molecule has 0 saturated carbocycles. The molecule has 0 aliphatic heterocycles. The number of carbonyl (C=O) groups excluding carboxylic acids is 1. The topological polar surface area (TPSA) is 81.1 Å². The first-order chi connectivity index (χ1) is 7.45. The second-order valence-electron chi connectivity index (χ2n) is 4.20. The minimum atomic E-state index is -0.592. The first kappa shape index (κ1) is 12.7. The third kappa shape index (κ3) is 2.81. The summed E-state index contributed by atoms with van der Waals surface area (Å²) in [6.07, 6.45) is 0.515. The SMILES string of the molecule is Cc1cc(C)c(CC(N)C(=O)NN)c(C)c1. The van der Waals surface area contributed by atoms with Crippen LogP contribution in [0.1, 0.15) is 22.3 Å². The minimum Gasteiger partial charge on any atom is -0.320 e. The molecule has 0 radical (unpaired) electrons. The molecular weight excluding hydrogens is 202 g/mol. The molecule has 88 valence electrons. The molecule has 1 amide bonds. The van der Waals surface area contributed by atoms with Gasteiger partial charge in [0.15, 0.2) is 0 Å². The molecule has 0 heterocycles. The van der Waals surface area contributed by atoms with Gasteiger partial charge in [-0.25, -0.2) is 5.84 Å². The molecule has 1 unspecified atom stereocenters. The van der Waals surface area contributed by atoms with Crippen LogP contribution in [0.5, 0.6) is 0 Å². The maximum absolute atomic E-state index is 11.2. The van der Waals surface area contributed by atoms with E-state index in [0.29, 0.717) is 6.42 Å². The summed E-state index contributed by atoms with van der Waals surface area (Å²) < 4.78 is 0. The van der Waals surface area contributed by atoms with Crippen LogP contribution in [0.3, 0.4) is 0 Å². The van der Waals surface area contributed by atoms with Crippen molar-refractivity contribution in [2.75, 3.05) is 0 Å². The molecule has 1 rings (SSSR count). The second-order valence-corrected chi connectivity index (χ2v) is 4.20. The van der Waals surface area contributed by atoms with Crippen LogP contribution in [0, 0.1) is 20.8 Å². The number of carbonyl (C=O) groups is 1. The zero-order valence-corrected chi connectivity index (χ0v) is 10.0. The molecule has 0 bridgehead atoms. The molecule has 0 aliphatic carbocycles. The van der Waals surface area contributed by atoms with Crippen molar-refractivity contribution in [2.45, 2.75) is 33.2 Å². The third-order valence-electron chi connectivity index (χ3n) is 2.74. The lowest BCUT2D eigenvalue weighted by molar-refractivity contribution is -0.122. The second kappa shape index (κ2) is 5.09. The van der Waals surface area contributed by atoms with E-state index < -0.39 is 6.04 Å². The fourth-order valence-corrected chi connectivity index (χ4v) is 1.95. The maximum atomic E-state index is 11.2. The number of amides is 1. The number of nitrogens with one attached hydrogen (secondary N) is 1. The van der Waals surface area contributed by atoms with Gasteiger partial charge in [0.1, 0.15) is 0 Å². The Morgan fingerprint density at radius 1 is 1.31 bits per heavy atom. The fraction of sp³-hybridized carbons (Fsp3) is 0.417. The normalized spacial score (nSPS) is 12.3. The number of hydrogen-bond donors (Lipinski definition) is 3. The van der Waals surface area contributed by atoms with E-state index in [9.17, 15) is 4.79 Å². The average Bonchev–Trinajstić information content (AvgIpc) is 2.21. The highest BCUT2D eigenvalue weighted by atomic mass is 16.2. The van der Waals surface area contributed by atoms with E-state index in [1.54, 1.807) is 0 Å². The van der Waals surface area contributed by atoms with E-state index in [-0.39, 0.29) is 5.91 Å². The summed E-state index contributed by atoms with van der Waals surface area (Å²) in [6.45, 7) is 6.11. The number of hydrazine groups is 1. The van der Waals surface area contributed by atoms with E-state index in [1.165, 1.54) is 5.56 Å². The van der Waals surface area contributed by atoms with Gasteiger partial charge in [0.25, 0.3) is 5.91 Å². The van der Waals surface area contributed by atoms with Crippen LogP contribution in [0.15, 0.2) is 12.1 Å². The number of nitrogens with two attached hydrogens (primary N) is 2. The van der Waals surface area contributed by atoms with Crippen LogP contribution in [0.25, 0.3) is 0 Å². The van der Waals surface area contributed by atoms with Gasteiger partial charge in [-0.05, 0) is 43.9 Å². The largest absolute Gasteiger partial charge is 0.320 e. The Labute approximate surface area is 96.0 Å². The molecule has 1 atom stereocenters. The Morgan fingerprint density at radius 2 is 1.81 bits per heavy atom. The van der Waals surface area contributed by atoms with Gasteiger partial charge >= 0.3 is 0 Å². The van der Waals surface area contributed by atoms with Gasteiger partial charge < -0.3 is 5.73 Å². The van der Waals surface area contributed by atoms with Crippen molar-refractivity contribution < 1.29 is 4.79 Å². The van der Waals surface area contributed by atoms with Gasteiger partial charge in [0.05, 0.1) is 6.04 Å².